The Morgan fingerprint density at radius 2 is 2.22 bits per heavy atom. The van der Waals surface area contributed by atoms with Crippen LogP contribution in [0.5, 0.6) is 5.75 Å². The van der Waals surface area contributed by atoms with Crippen LogP contribution in [-0.2, 0) is 11.3 Å². The summed E-state index contributed by atoms with van der Waals surface area (Å²) in [6.45, 7) is 1.39. The Bertz CT molecular complexity index is 367. The van der Waals surface area contributed by atoms with Gasteiger partial charge in [0, 0.05) is 13.2 Å². The highest BCUT2D eigenvalue weighted by Crippen LogP contribution is 2.27. The molecular weight excluding hydrogens is 226 g/mol. The smallest absolute Gasteiger partial charge is 0.119 e. The van der Waals surface area contributed by atoms with Crippen molar-refractivity contribution in [1.29, 1.82) is 0 Å². The van der Waals surface area contributed by atoms with Crippen molar-refractivity contribution in [1.82, 2.24) is 0 Å². The Morgan fingerprint density at radius 1 is 1.33 bits per heavy atom. The number of hydrogen-bond donors (Lipinski definition) is 1. The van der Waals surface area contributed by atoms with Crippen molar-refractivity contribution in [2.75, 3.05) is 13.7 Å². The number of ether oxygens (including phenoxy) is 2. The quantitative estimate of drug-likeness (QED) is 0.843. The van der Waals surface area contributed by atoms with Crippen LogP contribution in [0.3, 0.4) is 0 Å². The molecule has 0 spiro atoms. The third kappa shape index (κ3) is 3.72. The molecule has 0 bridgehead atoms. The first-order valence-corrected chi connectivity index (χ1v) is 6.76. The summed E-state index contributed by atoms with van der Waals surface area (Å²) in [4.78, 5) is 0. The number of hydrogen-bond acceptors (Lipinski definition) is 3. The van der Waals surface area contributed by atoms with Gasteiger partial charge < -0.3 is 15.2 Å². The third-order valence-corrected chi connectivity index (χ3v) is 3.68. The van der Waals surface area contributed by atoms with Gasteiger partial charge in [0.25, 0.3) is 0 Å². The number of rotatable bonds is 6. The minimum absolute atomic E-state index is 0.383. The van der Waals surface area contributed by atoms with Gasteiger partial charge in [-0.25, -0.2) is 0 Å². The van der Waals surface area contributed by atoms with Crippen LogP contribution >= 0.6 is 0 Å². The fourth-order valence-corrected chi connectivity index (χ4v) is 2.64. The highest BCUT2D eigenvalue weighted by atomic mass is 16.5. The molecule has 0 heterocycles. The predicted octanol–water partition coefficient (Wildman–Crippen LogP) is 2.73. The minimum Gasteiger partial charge on any atom is -0.494 e. The van der Waals surface area contributed by atoms with Crippen LogP contribution in [0.15, 0.2) is 24.3 Å². The largest absolute Gasteiger partial charge is 0.494 e. The van der Waals surface area contributed by atoms with Crippen molar-refractivity contribution in [3.63, 3.8) is 0 Å². The van der Waals surface area contributed by atoms with Gasteiger partial charge in [0.15, 0.2) is 0 Å². The molecule has 2 atom stereocenters. The topological polar surface area (TPSA) is 44.5 Å². The van der Waals surface area contributed by atoms with Crippen molar-refractivity contribution in [2.24, 2.45) is 11.7 Å². The molecule has 0 aliphatic heterocycles. The minimum atomic E-state index is 0.383. The van der Waals surface area contributed by atoms with Crippen LogP contribution in [-0.4, -0.2) is 19.8 Å². The molecule has 2 N–H and O–H groups in total. The molecule has 2 unspecified atom stereocenters. The summed E-state index contributed by atoms with van der Waals surface area (Å²) in [6.07, 6.45) is 4.77. The van der Waals surface area contributed by atoms with E-state index in [-0.39, 0.29) is 0 Å². The lowest BCUT2D eigenvalue weighted by atomic mass is 10.0. The molecule has 0 radical (unpaired) electrons. The summed E-state index contributed by atoms with van der Waals surface area (Å²) in [7, 11) is 1.70. The van der Waals surface area contributed by atoms with Crippen LogP contribution in [0.4, 0.5) is 0 Å². The summed E-state index contributed by atoms with van der Waals surface area (Å²) in [6, 6.07) is 8.47. The zero-order chi connectivity index (χ0) is 12.8. The van der Waals surface area contributed by atoms with E-state index in [1.54, 1.807) is 7.11 Å². The standard InChI is InChI=1S/C15H23NO2/c1-17-11-12-4-2-6-14(10-12)18-9-8-13-5-3-7-15(13)16/h2,4,6,10,13,15H,3,5,7-9,11,16H2,1H3. The number of methoxy groups -OCH3 is 1. The molecule has 3 nitrogen and oxygen atoms in total. The highest BCUT2D eigenvalue weighted by Gasteiger charge is 2.23. The van der Waals surface area contributed by atoms with Gasteiger partial charge in [-0.3, -0.25) is 0 Å². The molecule has 0 saturated heterocycles. The van der Waals surface area contributed by atoms with Crippen molar-refractivity contribution < 1.29 is 9.47 Å². The number of benzene rings is 1. The summed E-state index contributed by atoms with van der Waals surface area (Å²) >= 11 is 0. The summed E-state index contributed by atoms with van der Waals surface area (Å²) in [5.74, 6) is 1.57. The van der Waals surface area contributed by atoms with Crippen LogP contribution in [0.1, 0.15) is 31.2 Å². The highest BCUT2D eigenvalue weighted by molar-refractivity contribution is 5.28. The average molecular weight is 249 g/mol. The Balaban J connectivity index is 1.77. The van der Waals surface area contributed by atoms with Crippen molar-refractivity contribution in [3.8, 4) is 5.75 Å². The van der Waals surface area contributed by atoms with Crippen molar-refractivity contribution >= 4 is 0 Å². The van der Waals surface area contributed by atoms with E-state index in [0.29, 0.717) is 18.6 Å². The number of nitrogens with two attached hydrogens (primary N) is 1. The lowest BCUT2D eigenvalue weighted by Gasteiger charge is -2.15. The zero-order valence-corrected chi connectivity index (χ0v) is 11.1. The van der Waals surface area contributed by atoms with Crippen LogP contribution in [0.2, 0.25) is 0 Å². The molecule has 1 aliphatic rings. The van der Waals surface area contributed by atoms with Crippen molar-refractivity contribution in [2.45, 2.75) is 38.3 Å². The van der Waals surface area contributed by atoms with E-state index in [9.17, 15) is 0 Å². The Kier molecular flexibility index (Phi) is 5.02. The maximum atomic E-state index is 6.05. The molecule has 2 rings (SSSR count). The molecule has 0 aromatic heterocycles. The second-order valence-electron chi connectivity index (χ2n) is 5.07. The van der Waals surface area contributed by atoms with Crippen LogP contribution < -0.4 is 10.5 Å². The Hall–Kier alpha value is -1.06. The predicted molar refractivity (Wildman–Crippen MR) is 72.6 cm³/mol. The van der Waals surface area contributed by atoms with E-state index >= 15 is 0 Å². The van der Waals surface area contributed by atoms with Gasteiger partial charge in [0.05, 0.1) is 13.2 Å². The lowest BCUT2D eigenvalue weighted by molar-refractivity contribution is 0.184. The third-order valence-electron chi connectivity index (χ3n) is 3.68. The summed E-state index contributed by atoms with van der Waals surface area (Å²) in [5.41, 5.74) is 7.20. The van der Waals surface area contributed by atoms with Gasteiger partial charge in [-0.05, 0) is 42.9 Å². The molecule has 1 aromatic carbocycles. The van der Waals surface area contributed by atoms with Crippen molar-refractivity contribution in [3.05, 3.63) is 29.8 Å². The van der Waals surface area contributed by atoms with Crippen LogP contribution in [0.25, 0.3) is 0 Å². The van der Waals surface area contributed by atoms with E-state index in [4.69, 9.17) is 15.2 Å². The molecule has 1 aromatic rings. The van der Waals surface area contributed by atoms with Gasteiger partial charge in [-0.2, -0.15) is 0 Å². The molecule has 100 valence electrons. The lowest BCUT2D eigenvalue weighted by Crippen LogP contribution is -2.25. The summed E-state index contributed by atoms with van der Waals surface area (Å²) < 4.78 is 10.9. The molecule has 3 heteroatoms. The second kappa shape index (κ2) is 6.76. The van der Waals surface area contributed by atoms with E-state index < -0.39 is 0 Å². The monoisotopic (exact) mass is 249 g/mol. The molecule has 18 heavy (non-hydrogen) atoms. The fourth-order valence-electron chi connectivity index (χ4n) is 2.64. The van der Waals surface area contributed by atoms with E-state index in [1.807, 2.05) is 24.3 Å². The second-order valence-corrected chi connectivity index (χ2v) is 5.07. The average Bonchev–Trinajstić information content (AvgIpc) is 2.76. The molecule has 1 fully saturated rings. The molecular formula is C15H23NO2. The SMILES string of the molecule is COCc1cccc(OCCC2CCCC2N)c1. The first-order chi connectivity index (χ1) is 8.79. The van der Waals surface area contributed by atoms with Gasteiger partial charge in [-0.15, -0.1) is 0 Å². The van der Waals surface area contributed by atoms with Gasteiger partial charge >= 0.3 is 0 Å². The van der Waals surface area contributed by atoms with Gasteiger partial charge in [0.2, 0.25) is 0 Å². The van der Waals surface area contributed by atoms with E-state index in [1.165, 1.54) is 19.3 Å². The van der Waals surface area contributed by atoms with Gasteiger partial charge in [-0.1, -0.05) is 18.6 Å². The molecule has 1 aliphatic carbocycles. The fraction of sp³-hybridized carbons (Fsp3) is 0.600. The first-order valence-electron chi connectivity index (χ1n) is 6.76. The Labute approximate surface area is 109 Å². The van der Waals surface area contributed by atoms with Gasteiger partial charge in [0.1, 0.15) is 5.75 Å². The van der Waals surface area contributed by atoms with E-state index in [0.717, 1.165) is 24.3 Å². The normalized spacial score (nSPS) is 23.2. The molecule has 0 amide bonds. The maximum Gasteiger partial charge on any atom is 0.119 e. The summed E-state index contributed by atoms with van der Waals surface area (Å²) in [5, 5.41) is 0. The zero-order valence-electron chi connectivity index (χ0n) is 11.1. The maximum absolute atomic E-state index is 6.05. The van der Waals surface area contributed by atoms with E-state index in [2.05, 4.69) is 0 Å². The molecule has 1 saturated carbocycles. The first kappa shape index (κ1) is 13.4. The Morgan fingerprint density at radius 3 is 2.94 bits per heavy atom. The van der Waals surface area contributed by atoms with Crippen LogP contribution in [0, 0.1) is 5.92 Å².